The van der Waals surface area contributed by atoms with Gasteiger partial charge in [0.1, 0.15) is 0 Å². The Kier molecular flexibility index (Phi) is 5.14. The van der Waals surface area contributed by atoms with E-state index in [-0.39, 0.29) is 6.10 Å². The number of thiophene rings is 1. The molecule has 1 aromatic heterocycles. The van der Waals surface area contributed by atoms with E-state index in [1.54, 1.807) is 0 Å². The molecule has 2 heterocycles. The maximum atomic E-state index is 5.84. The summed E-state index contributed by atoms with van der Waals surface area (Å²) in [5.74, 6) is 0. The van der Waals surface area contributed by atoms with E-state index in [9.17, 15) is 0 Å². The molecule has 0 spiro atoms. The number of hydrogen-bond acceptors (Lipinski definition) is 3. The minimum Gasteiger partial charge on any atom is -0.372 e. The van der Waals surface area contributed by atoms with Gasteiger partial charge in [-0.1, -0.05) is 30.9 Å². The third-order valence-electron chi connectivity index (χ3n) is 3.15. The summed E-state index contributed by atoms with van der Waals surface area (Å²) in [6.45, 7) is 7.52. The van der Waals surface area contributed by atoms with Gasteiger partial charge in [-0.05, 0) is 31.2 Å². The average Bonchev–Trinajstić information content (AvgIpc) is 2.84. The molecule has 19 heavy (non-hydrogen) atoms. The fourth-order valence-electron chi connectivity index (χ4n) is 2.32. The van der Waals surface area contributed by atoms with Gasteiger partial charge in [-0.2, -0.15) is 0 Å². The Labute approximate surface area is 119 Å². The van der Waals surface area contributed by atoms with E-state index >= 15 is 0 Å². The van der Waals surface area contributed by atoms with Crippen molar-refractivity contribution in [2.45, 2.75) is 19.4 Å². The van der Waals surface area contributed by atoms with Crippen molar-refractivity contribution in [3.63, 3.8) is 0 Å². The Morgan fingerprint density at radius 3 is 3.16 bits per heavy atom. The summed E-state index contributed by atoms with van der Waals surface area (Å²) in [5.41, 5.74) is 2.57. The first-order chi connectivity index (χ1) is 9.30. The number of allylic oxidation sites excluding steroid dienone is 5. The Hall–Kier alpha value is -1.16. The van der Waals surface area contributed by atoms with Crippen LogP contribution >= 0.6 is 11.3 Å². The molecule has 0 saturated heterocycles. The maximum Gasteiger partial charge on any atom is 0.0960 e. The van der Waals surface area contributed by atoms with Gasteiger partial charge in [0.2, 0.25) is 0 Å². The SMILES string of the molecule is C=C/C=C(\C=C/C)c1cc2c(s1)CCOC2CNC. The van der Waals surface area contributed by atoms with Crippen LogP contribution in [0, 0.1) is 0 Å². The zero-order valence-electron chi connectivity index (χ0n) is 11.6. The van der Waals surface area contributed by atoms with E-state index in [0.29, 0.717) is 0 Å². The summed E-state index contributed by atoms with van der Waals surface area (Å²) in [7, 11) is 1.97. The molecule has 1 unspecified atom stereocenters. The third-order valence-corrected chi connectivity index (χ3v) is 4.41. The molecule has 3 heteroatoms. The van der Waals surface area contributed by atoms with Crippen LogP contribution in [0.3, 0.4) is 0 Å². The molecule has 1 aliphatic heterocycles. The largest absolute Gasteiger partial charge is 0.372 e. The normalized spacial score (nSPS) is 19.7. The number of hydrogen-bond donors (Lipinski definition) is 1. The molecule has 2 rings (SSSR count). The van der Waals surface area contributed by atoms with Gasteiger partial charge in [0.05, 0.1) is 12.7 Å². The van der Waals surface area contributed by atoms with Crippen LogP contribution in [-0.2, 0) is 11.2 Å². The van der Waals surface area contributed by atoms with Gasteiger partial charge < -0.3 is 10.1 Å². The molecule has 102 valence electrons. The Balaban J connectivity index is 2.34. The molecule has 0 aromatic carbocycles. The maximum absolute atomic E-state index is 5.84. The van der Waals surface area contributed by atoms with Crippen molar-refractivity contribution in [1.82, 2.24) is 5.32 Å². The van der Waals surface area contributed by atoms with Crippen LogP contribution in [0.15, 0.2) is 36.9 Å². The summed E-state index contributed by atoms with van der Waals surface area (Å²) in [4.78, 5) is 2.76. The first kappa shape index (κ1) is 14.3. The smallest absolute Gasteiger partial charge is 0.0960 e. The summed E-state index contributed by atoms with van der Waals surface area (Å²) in [5, 5.41) is 3.20. The van der Waals surface area contributed by atoms with E-state index in [1.807, 2.05) is 31.4 Å². The quantitative estimate of drug-likeness (QED) is 0.827. The summed E-state index contributed by atoms with van der Waals surface area (Å²) < 4.78 is 5.84. The van der Waals surface area contributed by atoms with Gasteiger partial charge in [0.15, 0.2) is 0 Å². The zero-order valence-corrected chi connectivity index (χ0v) is 12.4. The van der Waals surface area contributed by atoms with Gasteiger partial charge in [-0.3, -0.25) is 0 Å². The molecule has 0 fully saturated rings. The van der Waals surface area contributed by atoms with Crippen LogP contribution in [0.4, 0.5) is 0 Å². The van der Waals surface area contributed by atoms with Gasteiger partial charge in [-0.15, -0.1) is 11.3 Å². The first-order valence-corrected chi connectivity index (χ1v) is 7.46. The fraction of sp³-hybridized carbons (Fsp3) is 0.375. The van der Waals surface area contributed by atoms with Crippen LogP contribution in [0.1, 0.15) is 28.3 Å². The molecule has 1 aliphatic rings. The molecule has 1 atom stereocenters. The molecule has 0 amide bonds. The van der Waals surface area contributed by atoms with Crippen molar-refractivity contribution in [1.29, 1.82) is 0 Å². The summed E-state index contributed by atoms with van der Waals surface area (Å²) in [6.07, 6.45) is 9.31. The van der Waals surface area contributed by atoms with Crippen molar-refractivity contribution in [3.8, 4) is 0 Å². The highest BCUT2D eigenvalue weighted by Crippen LogP contribution is 2.36. The molecular weight excluding hydrogens is 254 g/mol. The third kappa shape index (κ3) is 3.24. The molecule has 2 nitrogen and oxygen atoms in total. The van der Waals surface area contributed by atoms with E-state index in [0.717, 1.165) is 19.6 Å². The van der Waals surface area contributed by atoms with E-state index in [4.69, 9.17) is 4.74 Å². The minimum atomic E-state index is 0.189. The van der Waals surface area contributed by atoms with Gasteiger partial charge in [-0.25, -0.2) is 0 Å². The van der Waals surface area contributed by atoms with Crippen molar-refractivity contribution >= 4 is 16.9 Å². The predicted octanol–water partition coefficient (Wildman–Crippen LogP) is 3.73. The highest BCUT2D eigenvalue weighted by molar-refractivity contribution is 7.13. The van der Waals surface area contributed by atoms with E-state index < -0.39 is 0 Å². The van der Waals surface area contributed by atoms with Crippen LogP contribution in [0.2, 0.25) is 0 Å². The fourth-order valence-corrected chi connectivity index (χ4v) is 3.52. The van der Waals surface area contributed by atoms with Crippen molar-refractivity contribution in [2.24, 2.45) is 0 Å². The lowest BCUT2D eigenvalue weighted by Crippen LogP contribution is -2.24. The zero-order chi connectivity index (χ0) is 13.7. The van der Waals surface area contributed by atoms with Crippen molar-refractivity contribution in [3.05, 3.63) is 52.3 Å². The molecule has 0 saturated carbocycles. The van der Waals surface area contributed by atoms with Crippen molar-refractivity contribution in [2.75, 3.05) is 20.2 Å². The Bertz CT molecular complexity index is 499. The summed E-state index contributed by atoms with van der Waals surface area (Å²) >= 11 is 1.88. The highest BCUT2D eigenvalue weighted by Gasteiger charge is 2.23. The number of ether oxygens (including phenoxy) is 1. The number of rotatable bonds is 5. The molecule has 0 radical (unpaired) electrons. The topological polar surface area (TPSA) is 21.3 Å². The number of nitrogens with one attached hydrogen (secondary N) is 1. The average molecular weight is 275 g/mol. The number of fused-ring (bicyclic) bond motifs is 1. The lowest BCUT2D eigenvalue weighted by Gasteiger charge is -2.22. The standard InChI is InChI=1S/C16H21NOS/c1-4-6-12(7-5-2)16-10-13-14(11-17-3)18-9-8-15(13)19-16/h4-7,10,14,17H,1,8-9,11H2,2-3H3/b7-5-,12-6+. The second kappa shape index (κ2) is 6.85. The highest BCUT2D eigenvalue weighted by atomic mass is 32.1. The van der Waals surface area contributed by atoms with Crippen molar-refractivity contribution < 1.29 is 4.74 Å². The van der Waals surface area contributed by atoms with E-state index in [1.165, 1.54) is 20.9 Å². The molecule has 1 N–H and O–H groups in total. The monoisotopic (exact) mass is 275 g/mol. The summed E-state index contributed by atoms with van der Waals surface area (Å²) in [6, 6.07) is 2.27. The first-order valence-electron chi connectivity index (χ1n) is 6.64. The van der Waals surface area contributed by atoms with Crippen LogP contribution in [-0.4, -0.2) is 20.2 Å². The molecule has 0 aliphatic carbocycles. The second-order valence-electron chi connectivity index (χ2n) is 4.51. The van der Waals surface area contributed by atoms with Gasteiger partial charge in [0, 0.05) is 22.7 Å². The molecule has 0 bridgehead atoms. The minimum absolute atomic E-state index is 0.189. The molecule has 1 aromatic rings. The van der Waals surface area contributed by atoms with Gasteiger partial charge >= 0.3 is 0 Å². The molecular formula is C16H21NOS. The Morgan fingerprint density at radius 1 is 1.63 bits per heavy atom. The number of likely N-dealkylation sites (N-methyl/N-ethyl adjacent to an activating group) is 1. The lowest BCUT2D eigenvalue weighted by molar-refractivity contribution is 0.0451. The van der Waals surface area contributed by atoms with E-state index in [2.05, 4.69) is 36.2 Å². The Morgan fingerprint density at radius 2 is 2.47 bits per heavy atom. The van der Waals surface area contributed by atoms with Gasteiger partial charge in [0.25, 0.3) is 0 Å². The predicted molar refractivity (Wildman–Crippen MR) is 83.6 cm³/mol. The van der Waals surface area contributed by atoms with Crippen LogP contribution in [0.25, 0.3) is 5.57 Å². The second-order valence-corrected chi connectivity index (χ2v) is 5.65. The van der Waals surface area contributed by atoms with Crippen LogP contribution in [0.5, 0.6) is 0 Å². The van der Waals surface area contributed by atoms with Crippen LogP contribution < -0.4 is 5.32 Å². The lowest BCUT2D eigenvalue weighted by atomic mass is 10.0.